The van der Waals surface area contributed by atoms with Crippen LogP contribution in [0, 0.1) is 11.7 Å². The summed E-state index contributed by atoms with van der Waals surface area (Å²) in [6.45, 7) is 2.18. The average molecular weight is 373 g/mol. The Labute approximate surface area is 155 Å². The Morgan fingerprint density at radius 3 is 2.73 bits per heavy atom. The fraction of sp³-hybridized carbons (Fsp3) is 0.300. The van der Waals surface area contributed by atoms with Gasteiger partial charge in [0.05, 0.1) is 12.7 Å². The van der Waals surface area contributed by atoms with E-state index in [1.165, 1.54) is 36.7 Å². The lowest BCUT2D eigenvalue weighted by atomic mass is 9.88. The highest BCUT2D eigenvalue weighted by Crippen LogP contribution is 2.40. The third kappa shape index (κ3) is 4.02. The predicted octanol–water partition coefficient (Wildman–Crippen LogP) is 4.45. The normalized spacial score (nSPS) is 16.3. The number of fused-ring (bicyclic) bond motifs is 1. The second-order valence-electron chi connectivity index (χ2n) is 6.42. The van der Waals surface area contributed by atoms with Gasteiger partial charge in [-0.25, -0.2) is 9.18 Å². The van der Waals surface area contributed by atoms with Crippen molar-refractivity contribution >= 4 is 34.3 Å². The van der Waals surface area contributed by atoms with E-state index < -0.39 is 5.97 Å². The van der Waals surface area contributed by atoms with Gasteiger partial charge >= 0.3 is 5.97 Å². The van der Waals surface area contributed by atoms with Crippen molar-refractivity contribution in [2.45, 2.75) is 26.2 Å². The molecule has 0 saturated carbocycles. The quantitative estimate of drug-likeness (QED) is 0.636. The number of thiophene rings is 1. The van der Waals surface area contributed by atoms with Crippen LogP contribution in [0.1, 0.15) is 39.7 Å². The van der Waals surface area contributed by atoms with Crippen LogP contribution in [0.2, 0.25) is 0 Å². The van der Waals surface area contributed by atoms with Gasteiger partial charge in [0.25, 0.3) is 0 Å². The second kappa shape index (κ2) is 7.83. The van der Waals surface area contributed by atoms with Gasteiger partial charge in [-0.2, -0.15) is 0 Å². The van der Waals surface area contributed by atoms with Crippen LogP contribution >= 0.6 is 11.3 Å². The third-order valence-electron chi connectivity index (χ3n) is 4.44. The van der Waals surface area contributed by atoms with Gasteiger partial charge in [-0.3, -0.25) is 4.79 Å². The van der Waals surface area contributed by atoms with E-state index in [9.17, 15) is 14.0 Å². The average Bonchev–Trinajstić information content (AvgIpc) is 2.97. The molecule has 0 bridgehead atoms. The molecule has 3 rings (SSSR count). The van der Waals surface area contributed by atoms with Gasteiger partial charge in [-0.15, -0.1) is 11.3 Å². The Kier molecular flexibility index (Phi) is 5.52. The van der Waals surface area contributed by atoms with Gasteiger partial charge in [0.1, 0.15) is 10.8 Å². The highest BCUT2D eigenvalue weighted by Gasteiger charge is 2.28. The zero-order valence-corrected chi connectivity index (χ0v) is 15.5. The zero-order chi connectivity index (χ0) is 18.7. The lowest BCUT2D eigenvalue weighted by Gasteiger charge is -2.18. The molecule has 0 spiro atoms. The molecule has 1 unspecified atom stereocenters. The molecule has 2 aromatic rings. The second-order valence-corrected chi connectivity index (χ2v) is 7.53. The number of halogens is 1. The Balaban J connectivity index is 1.81. The van der Waals surface area contributed by atoms with Crippen molar-refractivity contribution in [3.8, 4) is 0 Å². The van der Waals surface area contributed by atoms with Crippen LogP contribution in [0.15, 0.2) is 30.3 Å². The highest BCUT2D eigenvalue weighted by molar-refractivity contribution is 7.17. The summed E-state index contributed by atoms with van der Waals surface area (Å²) in [5.41, 5.74) is 2.19. The number of hydrogen-bond acceptors (Lipinski definition) is 4. The van der Waals surface area contributed by atoms with Crippen LogP contribution in [0.3, 0.4) is 0 Å². The Morgan fingerprint density at radius 2 is 2.04 bits per heavy atom. The maximum absolute atomic E-state index is 12.9. The molecule has 1 aromatic carbocycles. The van der Waals surface area contributed by atoms with Gasteiger partial charge in [0.15, 0.2) is 0 Å². The van der Waals surface area contributed by atoms with Crippen molar-refractivity contribution < 1.29 is 18.7 Å². The van der Waals surface area contributed by atoms with Gasteiger partial charge in [-0.1, -0.05) is 19.1 Å². The summed E-state index contributed by atoms with van der Waals surface area (Å²) >= 11 is 1.45. The van der Waals surface area contributed by atoms with Crippen LogP contribution < -0.4 is 5.32 Å². The number of esters is 1. The molecule has 0 aliphatic heterocycles. The number of carbonyl (C=O) groups excluding carboxylic acids is 2. The van der Waals surface area contributed by atoms with Gasteiger partial charge < -0.3 is 10.1 Å². The number of benzene rings is 1. The highest BCUT2D eigenvalue weighted by atomic mass is 32.1. The van der Waals surface area contributed by atoms with E-state index in [1.807, 2.05) is 0 Å². The molecule has 0 saturated heterocycles. The molecule has 1 amide bonds. The van der Waals surface area contributed by atoms with Crippen LogP contribution in [0.4, 0.5) is 9.39 Å². The van der Waals surface area contributed by atoms with Gasteiger partial charge in [0.2, 0.25) is 5.91 Å². The van der Waals surface area contributed by atoms with E-state index >= 15 is 0 Å². The number of nitrogens with one attached hydrogen (secondary N) is 1. The summed E-state index contributed by atoms with van der Waals surface area (Å²) in [5.74, 6) is -0.526. The lowest BCUT2D eigenvalue weighted by molar-refractivity contribution is -0.111. The summed E-state index contributed by atoms with van der Waals surface area (Å²) in [4.78, 5) is 25.6. The molecule has 1 heterocycles. The molecule has 136 valence electrons. The largest absolute Gasteiger partial charge is 0.465 e. The third-order valence-corrected chi connectivity index (χ3v) is 5.60. The molecular formula is C20H20FNO3S. The first kappa shape index (κ1) is 18.3. The SMILES string of the molecule is COC(=O)c1c(NC(=O)C=Cc2ccc(F)cc2)sc2c1CCC(C)C2. The van der Waals surface area contributed by atoms with Crippen molar-refractivity contribution in [3.63, 3.8) is 0 Å². The summed E-state index contributed by atoms with van der Waals surface area (Å²) in [6.07, 6.45) is 5.72. The molecule has 1 N–H and O–H groups in total. The van der Waals surface area contributed by atoms with Crippen LogP contribution in [0.25, 0.3) is 6.08 Å². The minimum absolute atomic E-state index is 0.326. The molecule has 6 heteroatoms. The molecule has 0 radical (unpaired) electrons. The van der Waals surface area contributed by atoms with E-state index in [2.05, 4.69) is 12.2 Å². The van der Waals surface area contributed by atoms with Crippen molar-refractivity contribution in [3.05, 3.63) is 57.7 Å². The number of amides is 1. The lowest BCUT2D eigenvalue weighted by Crippen LogP contribution is -2.14. The van der Waals surface area contributed by atoms with Crippen LogP contribution in [0.5, 0.6) is 0 Å². The van der Waals surface area contributed by atoms with Crippen molar-refractivity contribution in [1.82, 2.24) is 0 Å². The minimum Gasteiger partial charge on any atom is -0.465 e. The maximum Gasteiger partial charge on any atom is 0.341 e. The number of anilines is 1. The molecular weight excluding hydrogens is 353 g/mol. The van der Waals surface area contributed by atoms with Crippen molar-refractivity contribution in [1.29, 1.82) is 0 Å². The fourth-order valence-corrected chi connectivity index (χ4v) is 4.46. The number of hydrogen-bond donors (Lipinski definition) is 1. The maximum atomic E-state index is 12.9. The predicted molar refractivity (Wildman–Crippen MR) is 101 cm³/mol. The standard InChI is InChI=1S/C20H20FNO3S/c1-12-3-9-15-16(11-12)26-19(18(15)20(24)25-2)22-17(23)10-6-13-4-7-14(21)8-5-13/h4-8,10,12H,3,9,11H2,1-2H3,(H,22,23). The first-order valence-electron chi connectivity index (χ1n) is 8.45. The molecule has 0 fully saturated rings. The topological polar surface area (TPSA) is 55.4 Å². The van der Waals surface area contributed by atoms with Crippen molar-refractivity contribution in [2.24, 2.45) is 5.92 Å². The Bertz CT molecular complexity index is 855. The van der Waals surface area contributed by atoms with E-state index in [-0.39, 0.29) is 11.7 Å². The zero-order valence-electron chi connectivity index (χ0n) is 14.7. The first-order chi connectivity index (χ1) is 12.5. The van der Waals surface area contributed by atoms with Crippen molar-refractivity contribution in [2.75, 3.05) is 12.4 Å². The molecule has 26 heavy (non-hydrogen) atoms. The summed E-state index contributed by atoms with van der Waals surface area (Å²) in [5, 5.41) is 3.33. The van der Waals surface area contributed by atoms with E-state index in [4.69, 9.17) is 4.74 Å². The van der Waals surface area contributed by atoms with Crippen LogP contribution in [-0.2, 0) is 22.4 Å². The monoisotopic (exact) mass is 373 g/mol. The molecule has 4 nitrogen and oxygen atoms in total. The Hall–Kier alpha value is -2.47. The van der Waals surface area contributed by atoms with E-state index in [0.717, 1.165) is 29.7 Å². The molecule has 1 aliphatic carbocycles. The Morgan fingerprint density at radius 1 is 1.31 bits per heavy atom. The number of ether oxygens (including phenoxy) is 1. The first-order valence-corrected chi connectivity index (χ1v) is 9.27. The molecule has 1 aliphatic rings. The smallest absolute Gasteiger partial charge is 0.341 e. The number of rotatable bonds is 4. The molecule has 1 atom stereocenters. The van der Waals surface area contributed by atoms with E-state index in [0.29, 0.717) is 22.0 Å². The van der Waals surface area contributed by atoms with Gasteiger partial charge in [-0.05, 0) is 54.5 Å². The number of carbonyl (C=O) groups is 2. The fourth-order valence-electron chi connectivity index (χ4n) is 3.06. The summed E-state index contributed by atoms with van der Waals surface area (Å²) in [7, 11) is 1.35. The van der Waals surface area contributed by atoms with Gasteiger partial charge in [0, 0.05) is 11.0 Å². The summed E-state index contributed by atoms with van der Waals surface area (Å²) < 4.78 is 17.8. The molecule has 1 aromatic heterocycles. The minimum atomic E-state index is -0.421. The number of methoxy groups -OCH3 is 1. The summed E-state index contributed by atoms with van der Waals surface area (Å²) in [6, 6.07) is 5.84. The van der Waals surface area contributed by atoms with E-state index in [1.54, 1.807) is 18.2 Å². The van der Waals surface area contributed by atoms with Crippen LogP contribution in [-0.4, -0.2) is 19.0 Å².